The van der Waals surface area contributed by atoms with Crippen molar-refractivity contribution in [1.82, 2.24) is 24.8 Å². The van der Waals surface area contributed by atoms with Gasteiger partial charge in [-0.05, 0) is 40.0 Å². The Morgan fingerprint density at radius 1 is 1.10 bits per heavy atom. The quantitative estimate of drug-likeness (QED) is 0.674. The summed E-state index contributed by atoms with van der Waals surface area (Å²) in [6, 6.07) is 2.01. The number of aromatic nitrogens is 4. The summed E-state index contributed by atoms with van der Waals surface area (Å²) in [6.45, 7) is 8.35. The zero-order valence-corrected chi connectivity index (χ0v) is 17.4. The van der Waals surface area contributed by atoms with E-state index in [-0.39, 0.29) is 18.0 Å². The normalized spacial score (nSPS) is 14.0. The summed E-state index contributed by atoms with van der Waals surface area (Å²) in [5.74, 6) is 1.28. The molecule has 0 bridgehead atoms. The van der Waals surface area contributed by atoms with Gasteiger partial charge in [0.1, 0.15) is 12.4 Å². The third-order valence-electron chi connectivity index (χ3n) is 5.08. The fraction of sp³-hybridized carbons (Fsp3) is 0.550. The number of hydrogen-bond donors (Lipinski definition) is 2. The molecule has 1 aliphatic rings. The highest BCUT2D eigenvalue weighted by molar-refractivity contribution is 5.75. The molecule has 0 radical (unpaired) electrons. The predicted molar refractivity (Wildman–Crippen MR) is 112 cm³/mol. The minimum absolute atomic E-state index is 0.0486. The summed E-state index contributed by atoms with van der Waals surface area (Å²) in [7, 11) is 0. The van der Waals surface area contributed by atoms with Gasteiger partial charge in [0.05, 0.1) is 6.33 Å². The number of carbonyl (C=O) groups is 1. The molecule has 2 N–H and O–H groups in total. The van der Waals surface area contributed by atoms with Crippen molar-refractivity contribution in [3.63, 3.8) is 0 Å². The Labute approximate surface area is 170 Å². The van der Waals surface area contributed by atoms with E-state index in [0.717, 1.165) is 24.6 Å². The van der Waals surface area contributed by atoms with Crippen molar-refractivity contribution in [2.45, 2.75) is 46.6 Å². The molecule has 0 atom stereocenters. The fourth-order valence-corrected chi connectivity index (χ4v) is 3.29. The Kier molecular flexibility index (Phi) is 6.79. The van der Waals surface area contributed by atoms with Gasteiger partial charge in [-0.2, -0.15) is 4.98 Å². The number of nitrogens with zero attached hydrogens (tertiary/aromatic N) is 5. The van der Waals surface area contributed by atoms with Gasteiger partial charge >= 0.3 is 0 Å². The second-order valence-electron chi connectivity index (χ2n) is 7.40. The summed E-state index contributed by atoms with van der Waals surface area (Å²) in [5, 5.41) is 5.97. The molecule has 1 fully saturated rings. The lowest BCUT2D eigenvalue weighted by molar-refractivity contribution is -0.121. The van der Waals surface area contributed by atoms with Gasteiger partial charge in [-0.15, -0.1) is 0 Å². The first-order valence-electron chi connectivity index (χ1n) is 10.1. The molecule has 9 nitrogen and oxygen atoms in total. The molecule has 3 heterocycles. The maximum absolute atomic E-state index is 12.1. The van der Waals surface area contributed by atoms with Crippen molar-refractivity contribution in [2.24, 2.45) is 0 Å². The van der Waals surface area contributed by atoms with Gasteiger partial charge in [0.2, 0.25) is 11.9 Å². The number of aryl methyl sites for hydroxylation is 2. The third kappa shape index (κ3) is 5.52. The van der Waals surface area contributed by atoms with E-state index >= 15 is 0 Å². The molecule has 1 aliphatic heterocycles. The van der Waals surface area contributed by atoms with Gasteiger partial charge < -0.3 is 15.5 Å². The molecule has 0 spiro atoms. The van der Waals surface area contributed by atoms with Crippen LogP contribution in [-0.2, 0) is 11.3 Å². The van der Waals surface area contributed by atoms with E-state index in [1.165, 1.54) is 30.2 Å². The van der Waals surface area contributed by atoms with Crippen molar-refractivity contribution in [2.75, 3.05) is 36.4 Å². The molecule has 0 aliphatic carbocycles. The average Bonchev–Trinajstić information content (AvgIpc) is 2.72. The van der Waals surface area contributed by atoms with Gasteiger partial charge in [0.25, 0.3) is 5.56 Å². The zero-order chi connectivity index (χ0) is 20.8. The van der Waals surface area contributed by atoms with E-state index in [4.69, 9.17) is 0 Å². The van der Waals surface area contributed by atoms with Crippen LogP contribution in [0.3, 0.4) is 0 Å². The van der Waals surface area contributed by atoms with Crippen molar-refractivity contribution in [3.05, 3.63) is 39.7 Å². The Bertz CT molecular complexity index is 920. The van der Waals surface area contributed by atoms with Gasteiger partial charge in [-0.1, -0.05) is 0 Å². The highest BCUT2D eigenvalue weighted by Gasteiger charge is 2.14. The first-order valence-corrected chi connectivity index (χ1v) is 10.1. The van der Waals surface area contributed by atoms with Crippen LogP contribution < -0.4 is 21.1 Å². The van der Waals surface area contributed by atoms with Crippen LogP contribution in [0.2, 0.25) is 0 Å². The number of anilines is 2. The third-order valence-corrected chi connectivity index (χ3v) is 5.08. The molecule has 2 aromatic heterocycles. The van der Waals surface area contributed by atoms with E-state index < -0.39 is 0 Å². The highest BCUT2D eigenvalue weighted by atomic mass is 16.2. The van der Waals surface area contributed by atoms with Gasteiger partial charge in [-0.25, -0.2) is 9.97 Å². The molecule has 2 aromatic rings. The zero-order valence-electron chi connectivity index (χ0n) is 17.4. The molecule has 1 amide bonds. The largest absolute Gasteiger partial charge is 0.356 e. The second-order valence-corrected chi connectivity index (χ2v) is 7.40. The van der Waals surface area contributed by atoms with Crippen molar-refractivity contribution in [1.29, 1.82) is 0 Å². The molecule has 1 saturated heterocycles. The number of nitrogens with one attached hydrogen (secondary N) is 2. The molecule has 0 aromatic carbocycles. The van der Waals surface area contributed by atoms with Crippen molar-refractivity contribution >= 4 is 17.7 Å². The standard InChI is InChI=1S/C20H29N7O2/c1-14-11-17(26-9-5-4-6-10-26)25-20(24-14)22-8-7-21-18(28)12-27-13-23-16(3)15(2)19(27)29/h11,13H,4-10,12H2,1-3H3,(H,21,28)(H,22,24,25). The Balaban J connectivity index is 1.49. The predicted octanol–water partition coefficient (Wildman–Crippen LogP) is 1.18. The lowest BCUT2D eigenvalue weighted by Gasteiger charge is -2.28. The second kappa shape index (κ2) is 9.49. The lowest BCUT2D eigenvalue weighted by atomic mass is 10.1. The van der Waals surface area contributed by atoms with E-state index in [0.29, 0.717) is 30.3 Å². The minimum atomic E-state index is -0.238. The van der Waals surface area contributed by atoms with Gasteiger partial charge in [0, 0.05) is 49.2 Å². The first-order chi connectivity index (χ1) is 13.9. The number of rotatable bonds is 7. The molecule has 0 saturated carbocycles. The molecule has 9 heteroatoms. The molecule has 3 rings (SSSR count). The number of hydrogen-bond acceptors (Lipinski definition) is 7. The van der Waals surface area contributed by atoms with Crippen LogP contribution in [0.1, 0.15) is 36.2 Å². The van der Waals surface area contributed by atoms with Crippen LogP contribution in [0.25, 0.3) is 0 Å². The van der Waals surface area contributed by atoms with Crippen LogP contribution in [0, 0.1) is 20.8 Å². The number of piperidine rings is 1. The molecule has 156 valence electrons. The first kappa shape index (κ1) is 20.8. The van der Waals surface area contributed by atoms with Crippen molar-refractivity contribution < 1.29 is 4.79 Å². The maximum Gasteiger partial charge on any atom is 0.256 e. The van der Waals surface area contributed by atoms with Crippen LogP contribution >= 0.6 is 0 Å². The number of amides is 1. The van der Waals surface area contributed by atoms with E-state index in [1.54, 1.807) is 13.8 Å². The van der Waals surface area contributed by atoms with Gasteiger partial charge in [-0.3, -0.25) is 14.2 Å². The van der Waals surface area contributed by atoms with Crippen LogP contribution in [0.15, 0.2) is 17.2 Å². The highest BCUT2D eigenvalue weighted by Crippen LogP contribution is 2.19. The minimum Gasteiger partial charge on any atom is -0.356 e. The maximum atomic E-state index is 12.1. The molecule has 0 unspecified atom stereocenters. The summed E-state index contributed by atoms with van der Waals surface area (Å²) in [5.41, 5.74) is 1.96. The van der Waals surface area contributed by atoms with Crippen molar-refractivity contribution in [3.8, 4) is 0 Å². The Hall–Kier alpha value is -2.97. The molecule has 29 heavy (non-hydrogen) atoms. The van der Waals surface area contributed by atoms with E-state index in [2.05, 4.69) is 30.5 Å². The fourth-order valence-electron chi connectivity index (χ4n) is 3.29. The number of carbonyl (C=O) groups excluding carboxylic acids is 1. The summed E-state index contributed by atoms with van der Waals surface area (Å²) >= 11 is 0. The molecular formula is C20H29N7O2. The summed E-state index contributed by atoms with van der Waals surface area (Å²) in [4.78, 5) is 39.7. The average molecular weight is 399 g/mol. The smallest absolute Gasteiger partial charge is 0.256 e. The Morgan fingerprint density at radius 3 is 2.62 bits per heavy atom. The van der Waals surface area contributed by atoms with Crippen LogP contribution in [0.5, 0.6) is 0 Å². The van der Waals surface area contributed by atoms with Crippen LogP contribution in [-0.4, -0.2) is 51.6 Å². The Morgan fingerprint density at radius 2 is 1.86 bits per heavy atom. The van der Waals surface area contributed by atoms with Crippen LogP contribution in [0.4, 0.5) is 11.8 Å². The topological polar surface area (TPSA) is 105 Å². The van der Waals surface area contributed by atoms with E-state index in [9.17, 15) is 9.59 Å². The molecular weight excluding hydrogens is 370 g/mol. The SMILES string of the molecule is Cc1cc(N2CCCCC2)nc(NCCNC(=O)Cn2cnc(C)c(C)c2=O)n1. The van der Waals surface area contributed by atoms with Gasteiger partial charge in [0.15, 0.2) is 0 Å². The summed E-state index contributed by atoms with van der Waals surface area (Å²) < 4.78 is 1.32. The monoisotopic (exact) mass is 399 g/mol. The van der Waals surface area contributed by atoms with E-state index in [1.807, 2.05) is 13.0 Å². The lowest BCUT2D eigenvalue weighted by Crippen LogP contribution is -2.35. The summed E-state index contributed by atoms with van der Waals surface area (Å²) in [6.07, 6.45) is 5.06.